The molecule has 1 heterocycles. The topological polar surface area (TPSA) is 41.1 Å². The molecule has 1 aliphatic heterocycles. The zero-order valence-electron chi connectivity index (χ0n) is 10.8. The Kier molecular flexibility index (Phi) is 2.77. The Balaban J connectivity index is 1.56. The third-order valence-electron chi connectivity index (χ3n) is 4.43. The Hall–Kier alpha value is -1.51. The van der Waals surface area contributed by atoms with Crippen LogP contribution in [0.3, 0.4) is 0 Å². The zero-order valence-corrected chi connectivity index (χ0v) is 10.8. The molecule has 3 nitrogen and oxygen atoms in total. The van der Waals surface area contributed by atoms with Crippen molar-refractivity contribution in [1.29, 1.82) is 0 Å². The number of amides is 1. The third-order valence-corrected chi connectivity index (χ3v) is 4.43. The summed E-state index contributed by atoms with van der Waals surface area (Å²) in [5.41, 5.74) is 2.77. The molecule has 2 aliphatic rings. The monoisotopic (exact) mass is 244 g/mol. The van der Waals surface area contributed by atoms with Crippen LogP contribution in [0.5, 0.6) is 0 Å². The van der Waals surface area contributed by atoms with E-state index in [1.165, 1.54) is 24.8 Å². The lowest BCUT2D eigenvalue weighted by Crippen LogP contribution is -2.41. The molecule has 96 valence electrons. The molecule has 3 rings (SSSR count). The van der Waals surface area contributed by atoms with Crippen LogP contribution in [0.1, 0.15) is 31.7 Å². The predicted molar refractivity (Wildman–Crippen MR) is 72.5 cm³/mol. The van der Waals surface area contributed by atoms with Crippen molar-refractivity contribution in [2.75, 3.05) is 11.9 Å². The van der Waals surface area contributed by atoms with Gasteiger partial charge in [0.1, 0.15) is 6.04 Å². The van der Waals surface area contributed by atoms with Gasteiger partial charge < -0.3 is 10.6 Å². The molecule has 1 amide bonds. The Bertz CT molecular complexity index is 440. The Morgan fingerprint density at radius 3 is 2.89 bits per heavy atom. The fraction of sp³-hybridized carbons (Fsp3) is 0.533. The highest BCUT2D eigenvalue weighted by Gasteiger charge is 2.41. The summed E-state index contributed by atoms with van der Waals surface area (Å²) in [7, 11) is 0. The lowest BCUT2D eigenvalue weighted by Gasteiger charge is -2.16. The first-order valence-electron chi connectivity index (χ1n) is 6.85. The standard InChI is InChI=1S/C15H20N2O/c1-2-15(7-8-15)10-16-14(18)13-9-11-5-3-4-6-12(11)17-13/h3-6,13,17H,2,7-10H2,1H3,(H,16,18)/t13-/m0/s1. The first-order valence-corrected chi connectivity index (χ1v) is 6.85. The van der Waals surface area contributed by atoms with Gasteiger partial charge in [0.2, 0.25) is 5.91 Å². The Labute approximate surface area is 108 Å². The summed E-state index contributed by atoms with van der Waals surface area (Å²) in [5.74, 6) is 0.144. The number of hydrogen-bond acceptors (Lipinski definition) is 2. The summed E-state index contributed by atoms with van der Waals surface area (Å²) in [4.78, 5) is 12.1. The van der Waals surface area contributed by atoms with E-state index in [-0.39, 0.29) is 11.9 Å². The third kappa shape index (κ3) is 2.09. The molecule has 1 aromatic rings. The molecule has 0 bridgehead atoms. The summed E-state index contributed by atoms with van der Waals surface area (Å²) in [6.45, 7) is 3.06. The van der Waals surface area contributed by atoms with Crippen molar-refractivity contribution in [2.24, 2.45) is 5.41 Å². The summed E-state index contributed by atoms with van der Waals surface area (Å²) < 4.78 is 0. The van der Waals surface area contributed by atoms with Gasteiger partial charge in [-0.3, -0.25) is 4.79 Å². The molecule has 18 heavy (non-hydrogen) atoms. The second-order valence-corrected chi connectivity index (χ2v) is 5.63. The van der Waals surface area contributed by atoms with E-state index in [9.17, 15) is 4.79 Å². The second kappa shape index (κ2) is 4.30. The predicted octanol–water partition coefficient (Wildman–Crippen LogP) is 2.33. The van der Waals surface area contributed by atoms with E-state index in [0.717, 1.165) is 18.7 Å². The van der Waals surface area contributed by atoms with Crippen LogP contribution in [0.4, 0.5) is 5.69 Å². The van der Waals surface area contributed by atoms with Crippen LogP contribution in [-0.4, -0.2) is 18.5 Å². The van der Waals surface area contributed by atoms with Crippen LogP contribution in [0.25, 0.3) is 0 Å². The number of carbonyl (C=O) groups is 1. The van der Waals surface area contributed by atoms with Crippen LogP contribution in [0.2, 0.25) is 0 Å². The molecule has 0 unspecified atom stereocenters. The van der Waals surface area contributed by atoms with Crippen molar-refractivity contribution in [1.82, 2.24) is 5.32 Å². The van der Waals surface area contributed by atoms with E-state index >= 15 is 0 Å². The Morgan fingerprint density at radius 2 is 2.22 bits per heavy atom. The number of hydrogen-bond donors (Lipinski definition) is 2. The molecule has 0 radical (unpaired) electrons. The zero-order chi connectivity index (χ0) is 12.6. The van der Waals surface area contributed by atoms with Crippen molar-refractivity contribution in [3.8, 4) is 0 Å². The molecule has 0 saturated heterocycles. The largest absolute Gasteiger partial charge is 0.373 e. The molecule has 0 aromatic heterocycles. The molecule has 1 atom stereocenters. The lowest BCUT2D eigenvalue weighted by molar-refractivity contribution is -0.122. The van der Waals surface area contributed by atoms with Gasteiger partial charge in [-0.1, -0.05) is 25.1 Å². The minimum Gasteiger partial charge on any atom is -0.373 e. The highest BCUT2D eigenvalue weighted by Crippen LogP contribution is 2.47. The Morgan fingerprint density at radius 1 is 1.44 bits per heavy atom. The van der Waals surface area contributed by atoms with Gasteiger partial charge in [-0.25, -0.2) is 0 Å². The summed E-state index contributed by atoms with van der Waals surface area (Å²) >= 11 is 0. The number of para-hydroxylation sites is 1. The molecular weight excluding hydrogens is 224 g/mol. The van der Waals surface area contributed by atoms with Crippen molar-refractivity contribution in [2.45, 2.75) is 38.6 Å². The number of benzene rings is 1. The maximum atomic E-state index is 12.1. The van der Waals surface area contributed by atoms with Crippen LogP contribution in [0, 0.1) is 5.41 Å². The molecule has 1 fully saturated rings. The number of fused-ring (bicyclic) bond motifs is 1. The van der Waals surface area contributed by atoms with E-state index in [1.807, 2.05) is 18.2 Å². The van der Waals surface area contributed by atoms with Crippen LogP contribution in [0.15, 0.2) is 24.3 Å². The molecule has 0 spiro atoms. The molecular formula is C15H20N2O. The maximum absolute atomic E-state index is 12.1. The van der Waals surface area contributed by atoms with Crippen LogP contribution in [-0.2, 0) is 11.2 Å². The number of carbonyl (C=O) groups excluding carboxylic acids is 1. The summed E-state index contributed by atoms with van der Waals surface area (Å²) in [6.07, 6.45) is 4.51. The van der Waals surface area contributed by atoms with Gasteiger partial charge in [0.15, 0.2) is 0 Å². The number of anilines is 1. The number of rotatable bonds is 4. The van der Waals surface area contributed by atoms with Crippen molar-refractivity contribution < 1.29 is 4.79 Å². The average molecular weight is 244 g/mol. The average Bonchev–Trinajstić information content (AvgIpc) is 3.05. The lowest BCUT2D eigenvalue weighted by atomic mass is 10.0. The first-order chi connectivity index (χ1) is 8.72. The fourth-order valence-electron chi connectivity index (χ4n) is 2.69. The molecule has 1 saturated carbocycles. The van der Waals surface area contributed by atoms with Crippen molar-refractivity contribution in [3.63, 3.8) is 0 Å². The van der Waals surface area contributed by atoms with Crippen LogP contribution < -0.4 is 10.6 Å². The van der Waals surface area contributed by atoms with E-state index in [1.54, 1.807) is 0 Å². The normalized spacial score (nSPS) is 23.1. The second-order valence-electron chi connectivity index (χ2n) is 5.63. The van der Waals surface area contributed by atoms with Gasteiger partial charge in [-0.05, 0) is 36.3 Å². The smallest absolute Gasteiger partial charge is 0.242 e. The van der Waals surface area contributed by atoms with Gasteiger partial charge >= 0.3 is 0 Å². The first kappa shape index (κ1) is 11.6. The van der Waals surface area contributed by atoms with Gasteiger partial charge in [-0.15, -0.1) is 0 Å². The number of nitrogens with one attached hydrogen (secondary N) is 2. The van der Waals surface area contributed by atoms with Gasteiger partial charge in [0.25, 0.3) is 0 Å². The van der Waals surface area contributed by atoms with Crippen LogP contribution >= 0.6 is 0 Å². The molecule has 1 aromatic carbocycles. The van der Waals surface area contributed by atoms with Crippen molar-refractivity contribution in [3.05, 3.63) is 29.8 Å². The minimum atomic E-state index is -0.0879. The van der Waals surface area contributed by atoms with E-state index in [2.05, 4.69) is 23.6 Å². The van der Waals surface area contributed by atoms with Gasteiger partial charge in [0.05, 0.1) is 0 Å². The van der Waals surface area contributed by atoms with E-state index in [0.29, 0.717) is 5.41 Å². The van der Waals surface area contributed by atoms with Crippen molar-refractivity contribution >= 4 is 11.6 Å². The van der Waals surface area contributed by atoms with E-state index < -0.39 is 0 Å². The quantitative estimate of drug-likeness (QED) is 0.853. The SMILES string of the molecule is CCC1(CNC(=O)[C@@H]2Cc3ccccc3N2)CC1. The van der Waals surface area contributed by atoms with Gasteiger partial charge in [-0.2, -0.15) is 0 Å². The maximum Gasteiger partial charge on any atom is 0.242 e. The fourth-order valence-corrected chi connectivity index (χ4v) is 2.69. The highest BCUT2D eigenvalue weighted by atomic mass is 16.2. The summed E-state index contributed by atoms with van der Waals surface area (Å²) in [5, 5.41) is 6.41. The summed E-state index contributed by atoms with van der Waals surface area (Å²) in [6, 6.07) is 8.07. The molecule has 2 N–H and O–H groups in total. The highest BCUT2D eigenvalue weighted by molar-refractivity contribution is 5.87. The van der Waals surface area contributed by atoms with E-state index in [4.69, 9.17) is 0 Å². The molecule has 3 heteroatoms. The molecule has 1 aliphatic carbocycles. The minimum absolute atomic E-state index is 0.0879. The van der Waals surface area contributed by atoms with Gasteiger partial charge in [0, 0.05) is 18.7 Å².